The molecule has 5 nitrogen and oxygen atoms in total. The monoisotopic (exact) mass is 291 g/mol. The van der Waals surface area contributed by atoms with E-state index in [9.17, 15) is 9.90 Å². The number of phenols is 1. The lowest BCUT2D eigenvalue weighted by Crippen LogP contribution is -2.28. The van der Waals surface area contributed by atoms with Crippen molar-refractivity contribution in [3.63, 3.8) is 0 Å². The molecule has 1 aliphatic rings. The van der Waals surface area contributed by atoms with E-state index in [1.165, 1.54) is 0 Å². The zero-order valence-electron chi connectivity index (χ0n) is 12.9. The van der Waals surface area contributed by atoms with E-state index in [2.05, 4.69) is 29.4 Å². The normalized spacial score (nSPS) is 17.2. The molecule has 1 heterocycles. The van der Waals surface area contributed by atoms with Gasteiger partial charge in [0, 0.05) is 49.4 Å². The van der Waals surface area contributed by atoms with Gasteiger partial charge in [-0.1, -0.05) is 13.0 Å². The summed E-state index contributed by atoms with van der Waals surface area (Å²) in [6.45, 7) is 7.22. The summed E-state index contributed by atoms with van der Waals surface area (Å²) < 4.78 is 0. The van der Waals surface area contributed by atoms with E-state index in [0.29, 0.717) is 25.3 Å². The first-order chi connectivity index (χ1) is 10.1. The molecule has 1 atom stereocenters. The summed E-state index contributed by atoms with van der Waals surface area (Å²) in [5.41, 5.74) is 1.88. The Morgan fingerprint density at radius 1 is 1.43 bits per heavy atom. The fourth-order valence-electron chi connectivity index (χ4n) is 2.59. The number of anilines is 1. The number of carbonyl (C=O) groups excluding carboxylic acids is 1. The smallest absolute Gasteiger partial charge is 0.221 e. The molecule has 21 heavy (non-hydrogen) atoms. The van der Waals surface area contributed by atoms with Gasteiger partial charge in [-0.3, -0.25) is 4.79 Å². The molecule has 3 N–H and O–H groups in total. The molecule has 116 valence electrons. The van der Waals surface area contributed by atoms with Crippen LogP contribution in [0.15, 0.2) is 18.2 Å². The molecule has 0 aromatic heterocycles. The molecule has 0 aliphatic carbocycles. The zero-order chi connectivity index (χ0) is 15.2. The molecule has 1 amide bonds. The summed E-state index contributed by atoms with van der Waals surface area (Å²) >= 11 is 0. The number of carbonyl (C=O) groups is 1. The highest BCUT2D eigenvalue weighted by Gasteiger charge is 2.16. The Kier molecular flexibility index (Phi) is 5.44. The van der Waals surface area contributed by atoms with Crippen molar-refractivity contribution in [1.29, 1.82) is 0 Å². The number of nitrogens with one attached hydrogen (secondary N) is 2. The molecule has 2 rings (SSSR count). The van der Waals surface area contributed by atoms with E-state index in [1.54, 1.807) is 6.07 Å². The third-order valence-corrected chi connectivity index (χ3v) is 3.86. The molecule has 1 saturated heterocycles. The summed E-state index contributed by atoms with van der Waals surface area (Å²) in [5, 5.41) is 16.5. The summed E-state index contributed by atoms with van der Waals surface area (Å²) in [4.78, 5) is 13.5. The SMILES string of the molecule is CCCNC(C)c1ccc(N2CCNC(=O)CC2)cc1O. The van der Waals surface area contributed by atoms with E-state index in [4.69, 9.17) is 0 Å². The first-order valence-electron chi connectivity index (χ1n) is 7.69. The molecule has 1 unspecified atom stereocenters. The van der Waals surface area contributed by atoms with Crippen LogP contribution in [0.3, 0.4) is 0 Å². The molecule has 1 fully saturated rings. The molecule has 5 heteroatoms. The lowest BCUT2D eigenvalue weighted by Gasteiger charge is -2.23. The van der Waals surface area contributed by atoms with Crippen molar-refractivity contribution in [2.45, 2.75) is 32.7 Å². The summed E-state index contributed by atoms with van der Waals surface area (Å²) in [5.74, 6) is 0.405. The molecule has 0 spiro atoms. The molecular formula is C16H25N3O2. The summed E-state index contributed by atoms with van der Waals surface area (Å²) in [6.07, 6.45) is 1.56. The number of hydrogen-bond acceptors (Lipinski definition) is 4. The van der Waals surface area contributed by atoms with Crippen LogP contribution in [0.25, 0.3) is 0 Å². The maximum atomic E-state index is 11.4. The molecule has 0 bridgehead atoms. The van der Waals surface area contributed by atoms with Gasteiger partial charge in [0.05, 0.1) is 0 Å². The Morgan fingerprint density at radius 2 is 2.24 bits per heavy atom. The van der Waals surface area contributed by atoms with Gasteiger partial charge < -0.3 is 20.6 Å². The van der Waals surface area contributed by atoms with Crippen LogP contribution in [0.1, 0.15) is 38.3 Å². The summed E-state index contributed by atoms with van der Waals surface area (Å²) in [7, 11) is 0. The minimum Gasteiger partial charge on any atom is -0.508 e. The van der Waals surface area contributed by atoms with Crippen molar-refractivity contribution in [3.05, 3.63) is 23.8 Å². The second-order valence-corrected chi connectivity index (χ2v) is 5.51. The van der Waals surface area contributed by atoms with Gasteiger partial charge in [-0.2, -0.15) is 0 Å². The van der Waals surface area contributed by atoms with Crippen LogP contribution in [0.4, 0.5) is 5.69 Å². The number of hydrogen-bond donors (Lipinski definition) is 3. The van der Waals surface area contributed by atoms with Crippen molar-refractivity contribution in [1.82, 2.24) is 10.6 Å². The average molecular weight is 291 g/mol. The highest BCUT2D eigenvalue weighted by molar-refractivity contribution is 5.77. The fraction of sp³-hybridized carbons (Fsp3) is 0.562. The van der Waals surface area contributed by atoms with Crippen molar-refractivity contribution < 1.29 is 9.90 Å². The number of nitrogens with zero attached hydrogens (tertiary/aromatic N) is 1. The van der Waals surface area contributed by atoms with Gasteiger partial charge in [-0.05, 0) is 26.0 Å². The van der Waals surface area contributed by atoms with E-state index >= 15 is 0 Å². The van der Waals surface area contributed by atoms with Crippen LogP contribution in [0.5, 0.6) is 5.75 Å². The van der Waals surface area contributed by atoms with Crippen molar-refractivity contribution >= 4 is 11.6 Å². The minimum absolute atomic E-state index is 0.0933. The van der Waals surface area contributed by atoms with Crippen LogP contribution >= 0.6 is 0 Å². The number of amides is 1. The Balaban J connectivity index is 2.09. The third-order valence-electron chi connectivity index (χ3n) is 3.86. The van der Waals surface area contributed by atoms with Crippen molar-refractivity contribution in [3.8, 4) is 5.75 Å². The fourth-order valence-corrected chi connectivity index (χ4v) is 2.59. The molecule has 1 aromatic rings. The zero-order valence-corrected chi connectivity index (χ0v) is 12.9. The van der Waals surface area contributed by atoms with Gasteiger partial charge in [0.1, 0.15) is 5.75 Å². The highest BCUT2D eigenvalue weighted by atomic mass is 16.3. The van der Waals surface area contributed by atoms with Gasteiger partial charge in [0.2, 0.25) is 5.91 Å². The van der Waals surface area contributed by atoms with Crippen LogP contribution in [0.2, 0.25) is 0 Å². The summed E-state index contributed by atoms with van der Waals surface area (Å²) in [6, 6.07) is 5.92. The van der Waals surface area contributed by atoms with Gasteiger partial charge >= 0.3 is 0 Å². The second-order valence-electron chi connectivity index (χ2n) is 5.51. The predicted octanol–water partition coefficient (Wildman–Crippen LogP) is 1.78. The second kappa shape index (κ2) is 7.31. The number of aromatic hydroxyl groups is 1. The van der Waals surface area contributed by atoms with E-state index in [1.807, 2.05) is 12.1 Å². The van der Waals surface area contributed by atoms with Crippen LogP contribution in [0, 0.1) is 0 Å². The maximum Gasteiger partial charge on any atom is 0.221 e. The number of rotatable bonds is 5. The Bertz CT molecular complexity index is 490. The molecule has 0 saturated carbocycles. The van der Waals surface area contributed by atoms with Gasteiger partial charge in [-0.25, -0.2) is 0 Å². The predicted molar refractivity (Wildman–Crippen MR) is 84.7 cm³/mol. The number of phenolic OH excluding ortho intramolecular Hbond substituents is 1. The highest BCUT2D eigenvalue weighted by Crippen LogP contribution is 2.29. The quantitative estimate of drug-likeness (QED) is 0.774. The maximum absolute atomic E-state index is 11.4. The Labute approximate surface area is 126 Å². The van der Waals surface area contributed by atoms with Crippen LogP contribution < -0.4 is 15.5 Å². The third kappa shape index (κ3) is 4.11. The van der Waals surface area contributed by atoms with E-state index in [-0.39, 0.29) is 11.9 Å². The van der Waals surface area contributed by atoms with Gasteiger partial charge in [0.15, 0.2) is 0 Å². The van der Waals surface area contributed by atoms with E-state index < -0.39 is 0 Å². The first-order valence-corrected chi connectivity index (χ1v) is 7.69. The standard InChI is InChI=1S/C16H25N3O2/c1-3-7-17-12(2)14-5-4-13(11-15(14)20)19-9-6-16(21)18-8-10-19/h4-5,11-12,17,20H,3,6-10H2,1-2H3,(H,18,21). The molecule has 1 aliphatic heterocycles. The van der Waals surface area contributed by atoms with Gasteiger partial charge in [0.25, 0.3) is 0 Å². The minimum atomic E-state index is 0.0933. The average Bonchev–Trinajstić information content (AvgIpc) is 2.69. The Morgan fingerprint density at radius 3 is 2.95 bits per heavy atom. The van der Waals surface area contributed by atoms with Crippen molar-refractivity contribution in [2.75, 3.05) is 31.1 Å². The van der Waals surface area contributed by atoms with Gasteiger partial charge in [-0.15, -0.1) is 0 Å². The van der Waals surface area contributed by atoms with Crippen LogP contribution in [-0.4, -0.2) is 37.2 Å². The largest absolute Gasteiger partial charge is 0.508 e. The number of benzene rings is 1. The van der Waals surface area contributed by atoms with Crippen molar-refractivity contribution in [2.24, 2.45) is 0 Å². The lowest BCUT2D eigenvalue weighted by molar-refractivity contribution is -0.120. The first kappa shape index (κ1) is 15.6. The lowest BCUT2D eigenvalue weighted by atomic mass is 10.1. The van der Waals surface area contributed by atoms with E-state index in [0.717, 1.165) is 30.8 Å². The van der Waals surface area contributed by atoms with Crippen LogP contribution in [-0.2, 0) is 4.79 Å². The molecule has 0 radical (unpaired) electrons. The molecule has 1 aromatic carbocycles. The molecular weight excluding hydrogens is 266 g/mol. The topological polar surface area (TPSA) is 64.6 Å². The Hall–Kier alpha value is -1.75.